The van der Waals surface area contributed by atoms with Crippen LogP contribution in [0.1, 0.15) is 24.1 Å². The van der Waals surface area contributed by atoms with Crippen molar-refractivity contribution in [3.63, 3.8) is 0 Å². The number of methoxy groups -OCH3 is 2. The molecule has 0 radical (unpaired) electrons. The Kier molecular flexibility index (Phi) is 6.26. The van der Waals surface area contributed by atoms with Crippen LogP contribution in [0.3, 0.4) is 0 Å². The first-order valence-electron chi connectivity index (χ1n) is 8.05. The minimum Gasteiger partial charge on any atom is -0.497 e. The molecule has 0 unspecified atom stereocenters. The Labute approximate surface area is 154 Å². The van der Waals surface area contributed by atoms with Crippen molar-refractivity contribution in [2.45, 2.75) is 24.3 Å². The van der Waals surface area contributed by atoms with Crippen molar-refractivity contribution in [3.8, 4) is 11.5 Å². The van der Waals surface area contributed by atoms with E-state index >= 15 is 0 Å². The van der Waals surface area contributed by atoms with E-state index in [0.717, 1.165) is 17.4 Å². The molecule has 26 heavy (non-hydrogen) atoms. The normalized spacial score (nSPS) is 12.3. The van der Waals surface area contributed by atoms with Gasteiger partial charge in [0, 0.05) is 17.9 Å². The molecule has 0 saturated heterocycles. The fraction of sp³-hybridized carbons (Fsp3) is 0.316. The zero-order chi connectivity index (χ0) is 19.3. The molecule has 6 nitrogen and oxygen atoms in total. The minimum atomic E-state index is -3.23. The zero-order valence-corrected chi connectivity index (χ0v) is 16.1. The molecule has 0 bridgehead atoms. The fourth-order valence-electron chi connectivity index (χ4n) is 2.55. The highest BCUT2D eigenvalue weighted by atomic mass is 32.2. The van der Waals surface area contributed by atoms with Crippen LogP contribution >= 0.6 is 0 Å². The van der Waals surface area contributed by atoms with E-state index in [1.54, 1.807) is 56.7 Å². The molecule has 0 heterocycles. The second-order valence-electron chi connectivity index (χ2n) is 5.98. The Morgan fingerprint density at radius 2 is 1.73 bits per heavy atom. The Morgan fingerprint density at radius 3 is 2.27 bits per heavy atom. The average molecular weight is 377 g/mol. The van der Waals surface area contributed by atoms with Gasteiger partial charge in [0.05, 0.1) is 31.6 Å². The molecule has 1 amide bonds. The summed E-state index contributed by atoms with van der Waals surface area (Å²) in [7, 11) is -0.123. The van der Waals surface area contributed by atoms with Crippen molar-refractivity contribution >= 4 is 15.7 Å². The third-order valence-electron chi connectivity index (χ3n) is 4.03. The summed E-state index contributed by atoms with van der Waals surface area (Å²) < 4.78 is 33.5. The number of carbonyl (C=O) groups is 1. The van der Waals surface area contributed by atoms with Gasteiger partial charge in [-0.15, -0.1) is 0 Å². The van der Waals surface area contributed by atoms with Crippen LogP contribution in [0.2, 0.25) is 0 Å². The van der Waals surface area contributed by atoms with Crippen molar-refractivity contribution < 1.29 is 22.7 Å². The Hall–Kier alpha value is -2.54. The molecular weight excluding hydrogens is 354 g/mol. The van der Waals surface area contributed by atoms with E-state index in [0.29, 0.717) is 11.5 Å². The first kappa shape index (κ1) is 19.8. The summed E-state index contributed by atoms with van der Waals surface area (Å²) in [6, 6.07) is 11.5. The van der Waals surface area contributed by atoms with E-state index in [2.05, 4.69) is 5.32 Å². The van der Waals surface area contributed by atoms with E-state index in [1.807, 2.05) is 6.92 Å². The Balaban J connectivity index is 2.05. The highest BCUT2D eigenvalue weighted by Crippen LogP contribution is 2.25. The Bertz CT molecular complexity index is 875. The number of nitrogens with one attached hydrogen (secondary N) is 1. The Morgan fingerprint density at radius 1 is 1.08 bits per heavy atom. The van der Waals surface area contributed by atoms with Gasteiger partial charge in [0.1, 0.15) is 11.5 Å². The van der Waals surface area contributed by atoms with Gasteiger partial charge in [-0.3, -0.25) is 4.79 Å². The van der Waals surface area contributed by atoms with Gasteiger partial charge in [-0.1, -0.05) is 18.2 Å². The number of sulfone groups is 1. The van der Waals surface area contributed by atoms with Gasteiger partial charge in [0.15, 0.2) is 9.84 Å². The molecule has 0 aliphatic carbocycles. The van der Waals surface area contributed by atoms with Crippen LogP contribution in [0.5, 0.6) is 11.5 Å². The highest BCUT2D eigenvalue weighted by molar-refractivity contribution is 7.90. The lowest BCUT2D eigenvalue weighted by Gasteiger charge is -2.16. The van der Waals surface area contributed by atoms with E-state index in [9.17, 15) is 13.2 Å². The average Bonchev–Trinajstić information content (AvgIpc) is 2.61. The molecule has 0 aliphatic heterocycles. The minimum absolute atomic E-state index is 0.159. The molecule has 140 valence electrons. The van der Waals surface area contributed by atoms with Gasteiger partial charge >= 0.3 is 0 Å². The lowest BCUT2D eigenvalue weighted by molar-refractivity contribution is -0.121. The van der Waals surface area contributed by atoms with Crippen molar-refractivity contribution in [1.29, 1.82) is 0 Å². The van der Waals surface area contributed by atoms with E-state index in [4.69, 9.17) is 9.47 Å². The first-order valence-corrected chi connectivity index (χ1v) is 9.94. The molecule has 7 heteroatoms. The number of ether oxygens (including phenoxy) is 2. The molecule has 0 saturated carbocycles. The summed E-state index contributed by atoms with van der Waals surface area (Å²) in [5.74, 6) is 1.09. The number of hydrogen-bond acceptors (Lipinski definition) is 5. The second-order valence-corrected chi connectivity index (χ2v) is 8.00. The molecule has 0 aromatic heterocycles. The molecular formula is C19H23NO5S. The van der Waals surface area contributed by atoms with Gasteiger partial charge in [-0.2, -0.15) is 0 Å². The van der Waals surface area contributed by atoms with E-state index < -0.39 is 9.84 Å². The fourth-order valence-corrected chi connectivity index (χ4v) is 3.18. The van der Waals surface area contributed by atoms with Crippen LogP contribution in [0, 0.1) is 0 Å². The number of rotatable bonds is 7. The maximum absolute atomic E-state index is 12.4. The van der Waals surface area contributed by atoms with Crippen LogP contribution in [0.4, 0.5) is 0 Å². The van der Waals surface area contributed by atoms with Crippen molar-refractivity contribution in [2.75, 3.05) is 20.5 Å². The molecule has 1 atom stereocenters. The highest BCUT2D eigenvalue weighted by Gasteiger charge is 2.14. The quantitative estimate of drug-likeness (QED) is 0.802. The predicted molar refractivity (Wildman–Crippen MR) is 99.4 cm³/mol. The summed E-state index contributed by atoms with van der Waals surface area (Å²) in [6.45, 7) is 1.85. The van der Waals surface area contributed by atoms with Gasteiger partial charge < -0.3 is 14.8 Å². The SMILES string of the molecule is COc1ccc(CC(=O)N[C@@H](C)c2ccc(S(C)(=O)=O)cc2)c(OC)c1. The lowest BCUT2D eigenvalue weighted by Crippen LogP contribution is -2.28. The van der Waals surface area contributed by atoms with E-state index in [1.165, 1.54) is 0 Å². The zero-order valence-electron chi connectivity index (χ0n) is 15.3. The third-order valence-corrected chi connectivity index (χ3v) is 5.16. The van der Waals surface area contributed by atoms with Gasteiger partial charge in [-0.05, 0) is 30.7 Å². The van der Waals surface area contributed by atoms with E-state index in [-0.39, 0.29) is 23.3 Å². The number of amides is 1. The molecule has 1 N–H and O–H groups in total. The smallest absolute Gasteiger partial charge is 0.225 e. The van der Waals surface area contributed by atoms with Crippen LogP contribution < -0.4 is 14.8 Å². The van der Waals surface area contributed by atoms with Crippen molar-refractivity contribution in [2.24, 2.45) is 0 Å². The predicted octanol–water partition coefficient (Wildman–Crippen LogP) is 2.53. The number of hydrogen-bond donors (Lipinski definition) is 1. The van der Waals surface area contributed by atoms with Crippen molar-refractivity contribution in [1.82, 2.24) is 5.32 Å². The second kappa shape index (κ2) is 8.23. The molecule has 0 spiro atoms. The van der Waals surface area contributed by atoms with Crippen LogP contribution in [-0.4, -0.2) is 34.8 Å². The number of benzene rings is 2. The summed E-state index contributed by atoms with van der Waals surface area (Å²) in [6.07, 6.45) is 1.33. The van der Waals surface area contributed by atoms with Crippen LogP contribution in [0.15, 0.2) is 47.4 Å². The summed E-state index contributed by atoms with van der Waals surface area (Å²) in [5.41, 5.74) is 1.58. The molecule has 2 aromatic rings. The molecule has 2 aromatic carbocycles. The van der Waals surface area contributed by atoms with Gasteiger partial charge in [0.25, 0.3) is 0 Å². The monoisotopic (exact) mass is 377 g/mol. The molecule has 2 rings (SSSR count). The standard InChI is InChI=1S/C19H23NO5S/c1-13(14-6-9-17(10-7-14)26(4,22)23)20-19(21)11-15-5-8-16(24-2)12-18(15)25-3/h5-10,12-13H,11H2,1-4H3,(H,20,21)/t13-/m0/s1. The number of carbonyl (C=O) groups excluding carboxylic acids is 1. The largest absolute Gasteiger partial charge is 0.497 e. The molecule has 0 fully saturated rings. The maximum Gasteiger partial charge on any atom is 0.225 e. The topological polar surface area (TPSA) is 81.7 Å². The summed E-state index contributed by atoms with van der Waals surface area (Å²) in [4.78, 5) is 12.6. The van der Waals surface area contributed by atoms with Crippen LogP contribution in [-0.2, 0) is 21.1 Å². The maximum atomic E-state index is 12.4. The first-order chi connectivity index (χ1) is 12.2. The van der Waals surface area contributed by atoms with Gasteiger partial charge in [-0.25, -0.2) is 8.42 Å². The van der Waals surface area contributed by atoms with Crippen molar-refractivity contribution in [3.05, 3.63) is 53.6 Å². The summed E-state index contributed by atoms with van der Waals surface area (Å²) >= 11 is 0. The van der Waals surface area contributed by atoms with Gasteiger partial charge in [0.2, 0.25) is 5.91 Å². The van der Waals surface area contributed by atoms with Crippen LogP contribution in [0.25, 0.3) is 0 Å². The molecule has 0 aliphatic rings. The third kappa shape index (κ3) is 4.98. The lowest BCUT2D eigenvalue weighted by atomic mass is 10.1. The summed E-state index contributed by atoms with van der Waals surface area (Å²) in [5, 5.41) is 2.91.